The lowest BCUT2D eigenvalue weighted by molar-refractivity contribution is 0.313. The zero-order valence-electron chi connectivity index (χ0n) is 10.5. The number of ether oxygens (including phenoxy) is 1. The van der Waals surface area contributed by atoms with E-state index in [2.05, 4.69) is 0 Å². The van der Waals surface area contributed by atoms with Crippen molar-refractivity contribution in [2.45, 2.75) is 27.2 Å². The van der Waals surface area contributed by atoms with E-state index in [0.717, 1.165) is 22.4 Å². The van der Waals surface area contributed by atoms with E-state index in [1.165, 1.54) is 0 Å². The van der Waals surface area contributed by atoms with E-state index < -0.39 is 10.0 Å². The third kappa shape index (κ3) is 4.36. The van der Waals surface area contributed by atoms with E-state index in [9.17, 15) is 8.42 Å². The Balaban J connectivity index is 2.61. The fraction of sp³-hybridized carbons (Fsp3) is 0.500. The SMILES string of the molecule is Cc1ccc(C)c(OCCCS(N)(=O)=O)c1C. The second-order valence-corrected chi connectivity index (χ2v) is 5.96. The monoisotopic (exact) mass is 257 g/mol. The summed E-state index contributed by atoms with van der Waals surface area (Å²) in [6.45, 7) is 6.35. The van der Waals surface area contributed by atoms with Gasteiger partial charge in [0.2, 0.25) is 10.0 Å². The van der Waals surface area contributed by atoms with Crippen molar-refractivity contribution in [3.8, 4) is 5.75 Å². The topological polar surface area (TPSA) is 69.4 Å². The number of aryl methyl sites for hydroxylation is 2. The molecule has 0 atom stereocenters. The summed E-state index contributed by atoms with van der Waals surface area (Å²) in [5, 5.41) is 4.92. The molecule has 1 aromatic rings. The number of rotatable bonds is 5. The first-order chi connectivity index (χ1) is 7.81. The zero-order valence-corrected chi connectivity index (χ0v) is 11.3. The Hall–Kier alpha value is -1.07. The zero-order chi connectivity index (χ0) is 13.1. The van der Waals surface area contributed by atoms with Gasteiger partial charge in [0.25, 0.3) is 0 Å². The standard InChI is InChI=1S/C12H19NO3S/c1-9-5-6-10(2)12(11(9)3)16-7-4-8-17(13,14)15/h5-6H,4,7-8H2,1-3H3,(H2,13,14,15). The molecule has 0 spiro atoms. The molecule has 96 valence electrons. The maximum Gasteiger partial charge on any atom is 0.209 e. The van der Waals surface area contributed by atoms with Crippen molar-refractivity contribution in [2.75, 3.05) is 12.4 Å². The van der Waals surface area contributed by atoms with Crippen molar-refractivity contribution >= 4 is 10.0 Å². The number of hydrogen-bond donors (Lipinski definition) is 1. The molecule has 5 heteroatoms. The predicted octanol–water partition coefficient (Wildman–Crippen LogP) is 1.67. The normalized spacial score (nSPS) is 11.5. The average Bonchev–Trinajstić information content (AvgIpc) is 2.21. The molecule has 0 heterocycles. The van der Waals surface area contributed by atoms with Crippen LogP contribution in [0.15, 0.2) is 12.1 Å². The molecule has 0 unspecified atom stereocenters. The lowest BCUT2D eigenvalue weighted by Gasteiger charge is -2.13. The van der Waals surface area contributed by atoms with Crippen LogP contribution in [0.4, 0.5) is 0 Å². The van der Waals surface area contributed by atoms with E-state index in [1.54, 1.807) is 0 Å². The molecular formula is C12H19NO3S. The van der Waals surface area contributed by atoms with Gasteiger partial charge in [-0.25, -0.2) is 13.6 Å². The summed E-state index contributed by atoms with van der Waals surface area (Å²) in [5.41, 5.74) is 3.32. The minimum Gasteiger partial charge on any atom is -0.493 e. The lowest BCUT2D eigenvalue weighted by atomic mass is 10.1. The molecule has 2 N–H and O–H groups in total. The Morgan fingerprint density at radius 2 is 1.76 bits per heavy atom. The van der Waals surface area contributed by atoms with Crippen LogP contribution in [0.3, 0.4) is 0 Å². The summed E-state index contributed by atoms with van der Waals surface area (Å²) in [6.07, 6.45) is 0.408. The molecule has 17 heavy (non-hydrogen) atoms. The molecule has 1 rings (SSSR count). The van der Waals surface area contributed by atoms with E-state index in [1.807, 2.05) is 32.9 Å². The summed E-state index contributed by atoms with van der Waals surface area (Å²) >= 11 is 0. The van der Waals surface area contributed by atoms with Crippen LogP contribution >= 0.6 is 0 Å². The molecule has 0 aliphatic rings. The Morgan fingerprint density at radius 3 is 2.35 bits per heavy atom. The highest BCUT2D eigenvalue weighted by atomic mass is 32.2. The summed E-state index contributed by atoms with van der Waals surface area (Å²) in [7, 11) is -3.39. The van der Waals surface area contributed by atoms with Crippen LogP contribution in [0.5, 0.6) is 5.75 Å². The number of hydrogen-bond acceptors (Lipinski definition) is 3. The molecule has 0 fully saturated rings. The minimum absolute atomic E-state index is 0.0447. The highest BCUT2D eigenvalue weighted by molar-refractivity contribution is 7.89. The molecule has 1 aromatic carbocycles. The lowest BCUT2D eigenvalue weighted by Crippen LogP contribution is -2.18. The molecule has 0 saturated carbocycles. The fourth-order valence-electron chi connectivity index (χ4n) is 1.58. The number of nitrogens with two attached hydrogens (primary N) is 1. The second-order valence-electron chi connectivity index (χ2n) is 4.22. The van der Waals surface area contributed by atoms with Gasteiger partial charge in [-0.15, -0.1) is 0 Å². The summed E-state index contributed by atoms with van der Waals surface area (Å²) in [4.78, 5) is 0. The maximum atomic E-state index is 10.8. The Kier molecular flexibility index (Phi) is 4.54. The number of primary sulfonamides is 1. The fourth-order valence-corrected chi connectivity index (χ4v) is 2.10. The van der Waals surface area contributed by atoms with Crippen LogP contribution < -0.4 is 9.88 Å². The van der Waals surface area contributed by atoms with Crippen molar-refractivity contribution in [3.05, 3.63) is 28.8 Å². The number of benzene rings is 1. The van der Waals surface area contributed by atoms with Crippen LogP contribution in [0.1, 0.15) is 23.1 Å². The van der Waals surface area contributed by atoms with Crippen molar-refractivity contribution < 1.29 is 13.2 Å². The molecule has 4 nitrogen and oxygen atoms in total. The van der Waals surface area contributed by atoms with Gasteiger partial charge in [0.1, 0.15) is 5.75 Å². The van der Waals surface area contributed by atoms with Gasteiger partial charge in [-0.2, -0.15) is 0 Å². The van der Waals surface area contributed by atoms with Gasteiger partial charge < -0.3 is 4.74 Å². The van der Waals surface area contributed by atoms with Crippen LogP contribution in [0, 0.1) is 20.8 Å². The molecule has 0 radical (unpaired) electrons. The molecule has 0 amide bonds. The van der Waals surface area contributed by atoms with Crippen molar-refractivity contribution in [1.29, 1.82) is 0 Å². The van der Waals surface area contributed by atoms with Crippen LogP contribution in [0.25, 0.3) is 0 Å². The van der Waals surface area contributed by atoms with E-state index in [0.29, 0.717) is 13.0 Å². The second kappa shape index (κ2) is 5.51. The highest BCUT2D eigenvalue weighted by Gasteiger charge is 2.07. The minimum atomic E-state index is -3.39. The molecular weight excluding hydrogens is 238 g/mol. The van der Waals surface area contributed by atoms with Crippen LogP contribution in [-0.4, -0.2) is 20.8 Å². The van der Waals surface area contributed by atoms with Crippen LogP contribution in [0.2, 0.25) is 0 Å². The van der Waals surface area contributed by atoms with Gasteiger partial charge in [0.15, 0.2) is 0 Å². The average molecular weight is 257 g/mol. The first-order valence-electron chi connectivity index (χ1n) is 5.51. The van der Waals surface area contributed by atoms with Gasteiger partial charge >= 0.3 is 0 Å². The van der Waals surface area contributed by atoms with Crippen molar-refractivity contribution in [2.24, 2.45) is 5.14 Å². The third-order valence-corrected chi connectivity index (χ3v) is 3.55. The first kappa shape index (κ1) is 14.0. The quantitative estimate of drug-likeness (QED) is 0.816. The summed E-state index contributed by atoms with van der Waals surface area (Å²) < 4.78 is 27.1. The van der Waals surface area contributed by atoms with E-state index >= 15 is 0 Å². The Bertz CT molecular complexity index is 495. The van der Waals surface area contributed by atoms with Crippen LogP contribution in [-0.2, 0) is 10.0 Å². The predicted molar refractivity (Wildman–Crippen MR) is 68.7 cm³/mol. The first-order valence-corrected chi connectivity index (χ1v) is 7.23. The molecule has 0 saturated heterocycles. The van der Waals surface area contributed by atoms with Gasteiger partial charge in [-0.1, -0.05) is 12.1 Å². The van der Waals surface area contributed by atoms with E-state index in [4.69, 9.17) is 9.88 Å². The number of sulfonamides is 1. The summed E-state index contributed by atoms with van der Waals surface area (Å²) in [6, 6.07) is 4.04. The Labute approximate surface area is 103 Å². The third-order valence-electron chi connectivity index (χ3n) is 2.69. The molecule has 0 aliphatic carbocycles. The highest BCUT2D eigenvalue weighted by Crippen LogP contribution is 2.25. The van der Waals surface area contributed by atoms with Gasteiger partial charge in [0, 0.05) is 0 Å². The summed E-state index contributed by atoms with van der Waals surface area (Å²) in [5.74, 6) is 0.802. The molecule has 0 aliphatic heterocycles. The van der Waals surface area contributed by atoms with Crippen molar-refractivity contribution in [1.82, 2.24) is 0 Å². The maximum absolute atomic E-state index is 10.8. The van der Waals surface area contributed by atoms with Gasteiger partial charge in [-0.05, 0) is 43.9 Å². The van der Waals surface area contributed by atoms with Gasteiger partial charge in [-0.3, -0.25) is 0 Å². The molecule has 0 bridgehead atoms. The molecule has 0 aromatic heterocycles. The van der Waals surface area contributed by atoms with Crippen molar-refractivity contribution in [3.63, 3.8) is 0 Å². The largest absolute Gasteiger partial charge is 0.493 e. The van der Waals surface area contributed by atoms with E-state index in [-0.39, 0.29) is 5.75 Å². The van der Waals surface area contributed by atoms with Gasteiger partial charge in [0.05, 0.1) is 12.4 Å². The smallest absolute Gasteiger partial charge is 0.209 e. The Morgan fingerprint density at radius 1 is 1.18 bits per heavy atom.